The van der Waals surface area contributed by atoms with Crippen molar-refractivity contribution in [3.63, 3.8) is 0 Å². The van der Waals surface area contributed by atoms with E-state index >= 15 is 0 Å². The fourth-order valence-electron chi connectivity index (χ4n) is 2.95. The number of benzene rings is 1. The van der Waals surface area contributed by atoms with E-state index in [-0.39, 0.29) is 0 Å². The maximum Gasteiger partial charge on any atom is 0.0716 e. The number of likely N-dealkylation sites (tertiary alicyclic amines) is 1. The lowest BCUT2D eigenvalue weighted by Crippen LogP contribution is -2.31. The number of rotatable bonds is 8. The van der Waals surface area contributed by atoms with Crippen LogP contribution in [0.1, 0.15) is 30.9 Å². The molecule has 1 aromatic rings. The van der Waals surface area contributed by atoms with Gasteiger partial charge in [0.05, 0.1) is 6.61 Å². The Morgan fingerprint density at radius 2 is 1.90 bits per heavy atom. The van der Waals surface area contributed by atoms with E-state index in [1.165, 1.54) is 43.6 Å². The van der Waals surface area contributed by atoms with Crippen LogP contribution in [0.25, 0.3) is 0 Å². The molecular formula is C17H28N2O. The summed E-state index contributed by atoms with van der Waals surface area (Å²) in [5.41, 5.74) is 2.64. The van der Waals surface area contributed by atoms with Gasteiger partial charge in [-0.3, -0.25) is 0 Å². The van der Waals surface area contributed by atoms with E-state index in [2.05, 4.69) is 41.4 Å². The summed E-state index contributed by atoms with van der Waals surface area (Å²) in [6, 6.07) is 8.51. The predicted molar refractivity (Wildman–Crippen MR) is 83.7 cm³/mol. The second-order valence-electron chi connectivity index (χ2n) is 5.95. The van der Waals surface area contributed by atoms with Crippen LogP contribution in [0, 0.1) is 5.92 Å². The Balaban J connectivity index is 1.71. The number of nitrogens with one attached hydrogen (secondary N) is 1. The minimum absolute atomic E-state index is 0.696. The first-order valence-electron chi connectivity index (χ1n) is 7.78. The zero-order valence-corrected chi connectivity index (χ0v) is 12.9. The smallest absolute Gasteiger partial charge is 0.0716 e. The molecule has 0 bridgehead atoms. The monoisotopic (exact) mass is 276 g/mol. The second-order valence-corrected chi connectivity index (χ2v) is 5.95. The topological polar surface area (TPSA) is 24.5 Å². The van der Waals surface area contributed by atoms with Gasteiger partial charge in [-0.1, -0.05) is 31.2 Å². The van der Waals surface area contributed by atoms with Gasteiger partial charge in [0.15, 0.2) is 0 Å². The number of hydrogen-bond donors (Lipinski definition) is 1. The lowest BCUT2D eigenvalue weighted by molar-refractivity contribution is 0.184. The molecule has 3 heteroatoms. The molecule has 1 unspecified atom stereocenters. The van der Waals surface area contributed by atoms with Crippen LogP contribution in [-0.4, -0.2) is 38.2 Å². The van der Waals surface area contributed by atoms with Crippen LogP contribution in [0.5, 0.6) is 0 Å². The molecule has 1 aliphatic rings. The molecule has 0 saturated carbocycles. The predicted octanol–water partition coefficient (Wildman–Crippen LogP) is 2.65. The summed E-state index contributed by atoms with van der Waals surface area (Å²) in [4.78, 5) is 2.59. The van der Waals surface area contributed by atoms with Crippen molar-refractivity contribution in [2.24, 2.45) is 5.92 Å². The SMILES string of the molecule is COCc1ccccc1CNCC(C)CN1CCCC1. The minimum Gasteiger partial charge on any atom is -0.380 e. The molecule has 0 spiro atoms. The van der Waals surface area contributed by atoms with E-state index in [1.807, 2.05) is 0 Å². The first kappa shape index (κ1) is 15.5. The third-order valence-electron chi connectivity index (χ3n) is 4.00. The standard InChI is InChI=1S/C17H28N2O/c1-15(13-19-9-5-6-10-19)11-18-12-16-7-3-4-8-17(16)14-20-2/h3-4,7-8,15,18H,5-6,9-14H2,1-2H3. The van der Waals surface area contributed by atoms with Crippen molar-refractivity contribution in [2.75, 3.05) is 33.3 Å². The molecule has 0 aliphatic carbocycles. The zero-order valence-electron chi connectivity index (χ0n) is 12.9. The summed E-state index contributed by atoms with van der Waals surface area (Å²) in [7, 11) is 1.75. The molecule has 1 saturated heterocycles. The van der Waals surface area contributed by atoms with Crippen molar-refractivity contribution in [1.29, 1.82) is 0 Å². The molecule has 2 rings (SSSR count). The van der Waals surface area contributed by atoms with Crippen LogP contribution in [0.4, 0.5) is 0 Å². The zero-order chi connectivity index (χ0) is 14.2. The molecule has 1 fully saturated rings. The molecule has 20 heavy (non-hydrogen) atoms. The van der Waals surface area contributed by atoms with Crippen molar-refractivity contribution in [2.45, 2.75) is 32.9 Å². The maximum absolute atomic E-state index is 5.25. The Labute approximate surface area is 123 Å². The third-order valence-corrected chi connectivity index (χ3v) is 4.00. The van der Waals surface area contributed by atoms with Gasteiger partial charge in [-0.2, -0.15) is 0 Å². The van der Waals surface area contributed by atoms with Crippen molar-refractivity contribution in [3.8, 4) is 0 Å². The average Bonchev–Trinajstić information content (AvgIpc) is 2.94. The lowest BCUT2D eigenvalue weighted by atomic mass is 10.1. The minimum atomic E-state index is 0.696. The highest BCUT2D eigenvalue weighted by molar-refractivity contribution is 5.26. The Hall–Kier alpha value is -0.900. The van der Waals surface area contributed by atoms with Crippen molar-refractivity contribution < 1.29 is 4.74 Å². The molecule has 1 aliphatic heterocycles. The molecular weight excluding hydrogens is 248 g/mol. The number of methoxy groups -OCH3 is 1. The highest BCUT2D eigenvalue weighted by atomic mass is 16.5. The van der Waals surface area contributed by atoms with Crippen LogP contribution in [-0.2, 0) is 17.9 Å². The van der Waals surface area contributed by atoms with E-state index in [4.69, 9.17) is 4.74 Å². The van der Waals surface area contributed by atoms with E-state index in [9.17, 15) is 0 Å². The largest absolute Gasteiger partial charge is 0.380 e. The molecule has 1 heterocycles. The molecule has 0 radical (unpaired) electrons. The van der Waals surface area contributed by atoms with Gasteiger partial charge in [0.25, 0.3) is 0 Å². The molecule has 1 aromatic carbocycles. The fourth-order valence-corrected chi connectivity index (χ4v) is 2.95. The van der Waals surface area contributed by atoms with Gasteiger partial charge in [0, 0.05) is 20.2 Å². The number of hydrogen-bond acceptors (Lipinski definition) is 3. The normalized spacial score (nSPS) is 17.5. The van der Waals surface area contributed by atoms with Crippen molar-refractivity contribution in [3.05, 3.63) is 35.4 Å². The van der Waals surface area contributed by atoms with Gasteiger partial charge in [-0.05, 0) is 49.5 Å². The molecule has 3 nitrogen and oxygen atoms in total. The van der Waals surface area contributed by atoms with Gasteiger partial charge in [-0.25, -0.2) is 0 Å². The third kappa shape index (κ3) is 4.89. The molecule has 0 aromatic heterocycles. The Bertz CT molecular complexity index is 388. The molecule has 1 N–H and O–H groups in total. The summed E-state index contributed by atoms with van der Waals surface area (Å²) in [5.74, 6) is 0.711. The average molecular weight is 276 g/mol. The maximum atomic E-state index is 5.25. The number of ether oxygens (including phenoxy) is 1. The van der Waals surface area contributed by atoms with Crippen molar-refractivity contribution in [1.82, 2.24) is 10.2 Å². The van der Waals surface area contributed by atoms with E-state index in [0.29, 0.717) is 12.5 Å². The summed E-state index contributed by atoms with van der Waals surface area (Å²) in [5, 5.41) is 3.59. The van der Waals surface area contributed by atoms with Gasteiger partial charge in [-0.15, -0.1) is 0 Å². The van der Waals surface area contributed by atoms with Crippen LogP contribution >= 0.6 is 0 Å². The van der Waals surface area contributed by atoms with Crippen molar-refractivity contribution >= 4 is 0 Å². The van der Waals surface area contributed by atoms with E-state index in [1.54, 1.807) is 7.11 Å². The van der Waals surface area contributed by atoms with Gasteiger partial charge >= 0.3 is 0 Å². The Kier molecular flexibility index (Phi) is 6.51. The summed E-state index contributed by atoms with van der Waals surface area (Å²) < 4.78 is 5.25. The highest BCUT2D eigenvalue weighted by Crippen LogP contribution is 2.11. The lowest BCUT2D eigenvalue weighted by Gasteiger charge is -2.20. The Morgan fingerprint density at radius 3 is 2.60 bits per heavy atom. The van der Waals surface area contributed by atoms with Crippen LogP contribution < -0.4 is 5.32 Å². The number of nitrogens with zero attached hydrogens (tertiary/aromatic N) is 1. The second kappa shape index (κ2) is 8.40. The molecule has 112 valence electrons. The summed E-state index contributed by atoms with van der Waals surface area (Å²) in [6.07, 6.45) is 2.76. The quantitative estimate of drug-likeness (QED) is 0.790. The first-order valence-corrected chi connectivity index (χ1v) is 7.78. The summed E-state index contributed by atoms with van der Waals surface area (Å²) in [6.45, 7) is 8.87. The highest BCUT2D eigenvalue weighted by Gasteiger charge is 2.14. The van der Waals surface area contributed by atoms with Gasteiger partial charge < -0.3 is 15.0 Å². The van der Waals surface area contributed by atoms with Gasteiger partial charge in [0.1, 0.15) is 0 Å². The molecule has 0 amide bonds. The fraction of sp³-hybridized carbons (Fsp3) is 0.647. The Morgan fingerprint density at radius 1 is 1.20 bits per heavy atom. The first-order chi connectivity index (χ1) is 9.79. The van der Waals surface area contributed by atoms with Crippen LogP contribution in [0.3, 0.4) is 0 Å². The molecule has 1 atom stereocenters. The van der Waals surface area contributed by atoms with E-state index in [0.717, 1.165) is 13.1 Å². The van der Waals surface area contributed by atoms with Crippen LogP contribution in [0.2, 0.25) is 0 Å². The van der Waals surface area contributed by atoms with E-state index < -0.39 is 0 Å². The van der Waals surface area contributed by atoms with Crippen LogP contribution in [0.15, 0.2) is 24.3 Å². The summed E-state index contributed by atoms with van der Waals surface area (Å²) >= 11 is 0. The van der Waals surface area contributed by atoms with Gasteiger partial charge in [0.2, 0.25) is 0 Å².